The van der Waals surface area contributed by atoms with Crippen molar-refractivity contribution in [2.24, 2.45) is 5.92 Å². The minimum atomic E-state index is -0.400. The second kappa shape index (κ2) is 4.03. The van der Waals surface area contributed by atoms with E-state index in [1.54, 1.807) is 12.2 Å². The van der Waals surface area contributed by atoms with Gasteiger partial charge in [0.15, 0.2) is 5.78 Å². The van der Waals surface area contributed by atoms with E-state index >= 15 is 0 Å². The maximum absolute atomic E-state index is 11.2. The zero-order chi connectivity index (χ0) is 9.84. The monoisotopic (exact) mass is 180 g/mol. The van der Waals surface area contributed by atoms with Crippen LogP contribution in [0.5, 0.6) is 0 Å². The average Bonchev–Trinajstić information content (AvgIpc) is 2.35. The van der Waals surface area contributed by atoms with Crippen molar-refractivity contribution in [2.75, 3.05) is 0 Å². The van der Waals surface area contributed by atoms with Crippen molar-refractivity contribution in [1.82, 2.24) is 0 Å². The molecule has 2 atom stereocenters. The molecule has 0 saturated heterocycles. The van der Waals surface area contributed by atoms with Crippen molar-refractivity contribution in [2.45, 2.75) is 19.4 Å². The first-order valence-corrected chi connectivity index (χ1v) is 4.15. The minimum Gasteiger partial charge on any atom is -0.458 e. The molecule has 1 rings (SSSR count). The lowest BCUT2D eigenvalue weighted by Gasteiger charge is -2.15. The first-order valence-electron chi connectivity index (χ1n) is 4.15. The number of allylic oxidation sites excluding steroid dienone is 2. The number of rotatable bonds is 3. The van der Waals surface area contributed by atoms with E-state index in [2.05, 4.69) is 6.58 Å². The van der Waals surface area contributed by atoms with Crippen LogP contribution in [0, 0.1) is 5.92 Å². The molecule has 0 amide bonds. The highest BCUT2D eigenvalue weighted by Crippen LogP contribution is 2.22. The number of hydrogen-bond acceptors (Lipinski definition) is 3. The predicted molar refractivity (Wildman–Crippen MR) is 48.0 cm³/mol. The summed E-state index contributed by atoms with van der Waals surface area (Å²) in [6.07, 6.45) is 4.89. The largest absolute Gasteiger partial charge is 0.458 e. The summed E-state index contributed by atoms with van der Waals surface area (Å²) in [7, 11) is 0. The van der Waals surface area contributed by atoms with E-state index < -0.39 is 6.10 Å². The summed E-state index contributed by atoms with van der Waals surface area (Å²) in [5.41, 5.74) is 0. The number of carbonyl (C=O) groups excluding carboxylic acids is 2. The van der Waals surface area contributed by atoms with Gasteiger partial charge in [0.05, 0.1) is 5.92 Å². The van der Waals surface area contributed by atoms with Gasteiger partial charge in [0.1, 0.15) is 6.10 Å². The van der Waals surface area contributed by atoms with Crippen LogP contribution in [0.1, 0.15) is 13.3 Å². The molecule has 0 heterocycles. The predicted octanol–water partition coefficient (Wildman–Crippen LogP) is 1.25. The van der Waals surface area contributed by atoms with Gasteiger partial charge in [-0.2, -0.15) is 0 Å². The Kier molecular flexibility index (Phi) is 3.01. The van der Waals surface area contributed by atoms with Gasteiger partial charge in [0.25, 0.3) is 0 Å². The van der Waals surface area contributed by atoms with Gasteiger partial charge in [0, 0.05) is 6.92 Å². The van der Waals surface area contributed by atoms with Gasteiger partial charge in [-0.05, 0) is 18.6 Å². The molecule has 13 heavy (non-hydrogen) atoms. The summed E-state index contributed by atoms with van der Waals surface area (Å²) < 4.78 is 4.95. The van der Waals surface area contributed by atoms with Crippen LogP contribution in [-0.2, 0) is 14.3 Å². The molecule has 0 aromatic rings. The summed E-state index contributed by atoms with van der Waals surface area (Å²) in [6.45, 7) is 4.89. The second-order valence-electron chi connectivity index (χ2n) is 2.97. The molecule has 0 aliphatic heterocycles. The quantitative estimate of drug-likeness (QED) is 0.485. The first kappa shape index (κ1) is 9.71. The molecule has 70 valence electrons. The lowest BCUT2D eigenvalue weighted by Crippen LogP contribution is -2.24. The molecule has 1 aliphatic carbocycles. The highest BCUT2D eigenvalue weighted by Gasteiger charge is 2.30. The summed E-state index contributed by atoms with van der Waals surface area (Å²) in [5, 5.41) is 0. The normalized spacial score (nSPS) is 26.1. The van der Waals surface area contributed by atoms with Crippen LogP contribution in [0.25, 0.3) is 0 Å². The van der Waals surface area contributed by atoms with Crippen molar-refractivity contribution in [3.8, 4) is 0 Å². The van der Waals surface area contributed by atoms with E-state index in [0.29, 0.717) is 6.42 Å². The van der Waals surface area contributed by atoms with Crippen molar-refractivity contribution < 1.29 is 14.3 Å². The van der Waals surface area contributed by atoms with Crippen molar-refractivity contribution in [3.63, 3.8) is 0 Å². The van der Waals surface area contributed by atoms with E-state index in [1.165, 1.54) is 13.0 Å². The standard InChI is InChI=1S/C10H12O3/c1-3-4-8-9(12)5-6-10(8)13-7(2)11/h3,5-6,8,10H,1,4H2,2H3. The zero-order valence-corrected chi connectivity index (χ0v) is 7.53. The molecule has 2 unspecified atom stereocenters. The smallest absolute Gasteiger partial charge is 0.303 e. The Hall–Kier alpha value is -1.38. The van der Waals surface area contributed by atoms with Gasteiger partial charge < -0.3 is 4.74 Å². The van der Waals surface area contributed by atoms with Crippen LogP contribution in [0.3, 0.4) is 0 Å². The molecular weight excluding hydrogens is 168 g/mol. The van der Waals surface area contributed by atoms with Crippen molar-refractivity contribution >= 4 is 11.8 Å². The summed E-state index contributed by atoms with van der Waals surface area (Å²) in [6, 6.07) is 0. The van der Waals surface area contributed by atoms with Gasteiger partial charge in [0.2, 0.25) is 0 Å². The van der Waals surface area contributed by atoms with E-state index in [1.807, 2.05) is 0 Å². The van der Waals surface area contributed by atoms with Crippen LogP contribution in [0.15, 0.2) is 24.8 Å². The van der Waals surface area contributed by atoms with Gasteiger partial charge in [-0.3, -0.25) is 9.59 Å². The van der Waals surface area contributed by atoms with Crippen LogP contribution in [0.2, 0.25) is 0 Å². The fourth-order valence-electron chi connectivity index (χ4n) is 1.35. The molecule has 0 spiro atoms. The molecule has 0 N–H and O–H groups in total. The fourth-order valence-corrected chi connectivity index (χ4v) is 1.35. The van der Waals surface area contributed by atoms with E-state index in [-0.39, 0.29) is 17.7 Å². The number of esters is 1. The summed E-state index contributed by atoms with van der Waals surface area (Å²) >= 11 is 0. The highest BCUT2D eigenvalue weighted by molar-refractivity contribution is 5.95. The Morgan fingerprint density at radius 2 is 2.46 bits per heavy atom. The zero-order valence-electron chi connectivity index (χ0n) is 7.53. The summed E-state index contributed by atoms with van der Waals surface area (Å²) in [4.78, 5) is 21.9. The van der Waals surface area contributed by atoms with E-state index in [0.717, 1.165) is 0 Å². The Labute approximate surface area is 77.1 Å². The SMILES string of the molecule is C=CCC1C(=O)C=CC1OC(C)=O. The number of ketones is 1. The minimum absolute atomic E-state index is 0.00569. The maximum Gasteiger partial charge on any atom is 0.303 e. The molecular formula is C10H12O3. The second-order valence-corrected chi connectivity index (χ2v) is 2.97. The van der Waals surface area contributed by atoms with Crippen LogP contribution < -0.4 is 0 Å². The molecule has 0 aromatic carbocycles. The van der Waals surface area contributed by atoms with Gasteiger partial charge in [-0.25, -0.2) is 0 Å². The Bertz CT molecular complexity index is 265. The molecule has 3 nitrogen and oxygen atoms in total. The Morgan fingerprint density at radius 1 is 1.77 bits per heavy atom. The van der Waals surface area contributed by atoms with Gasteiger partial charge in [-0.15, -0.1) is 6.58 Å². The Morgan fingerprint density at radius 3 is 3.00 bits per heavy atom. The van der Waals surface area contributed by atoms with Crippen molar-refractivity contribution in [3.05, 3.63) is 24.8 Å². The topological polar surface area (TPSA) is 43.4 Å². The lowest BCUT2D eigenvalue weighted by molar-refractivity contribution is -0.146. The van der Waals surface area contributed by atoms with E-state index in [9.17, 15) is 9.59 Å². The van der Waals surface area contributed by atoms with Crippen molar-refractivity contribution in [1.29, 1.82) is 0 Å². The van der Waals surface area contributed by atoms with E-state index in [4.69, 9.17) is 4.74 Å². The fraction of sp³-hybridized carbons (Fsp3) is 0.400. The number of hydrogen-bond donors (Lipinski definition) is 0. The molecule has 0 saturated carbocycles. The molecule has 1 aliphatic rings. The van der Waals surface area contributed by atoms with Gasteiger partial charge in [-0.1, -0.05) is 6.08 Å². The third-order valence-electron chi connectivity index (χ3n) is 1.93. The molecule has 0 radical (unpaired) electrons. The van der Waals surface area contributed by atoms with Crippen LogP contribution in [0.4, 0.5) is 0 Å². The maximum atomic E-state index is 11.2. The first-order chi connectivity index (χ1) is 6.15. The van der Waals surface area contributed by atoms with Crippen LogP contribution in [-0.4, -0.2) is 17.9 Å². The lowest BCUT2D eigenvalue weighted by atomic mass is 10.00. The Balaban J connectivity index is 2.63. The molecule has 0 aromatic heterocycles. The van der Waals surface area contributed by atoms with Gasteiger partial charge >= 0.3 is 5.97 Å². The number of ether oxygens (including phenoxy) is 1. The average molecular weight is 180 g/mol. The highest BCUT2D eigenvalue weighted by atomic mass is 16.5. The van der Waals surface area contributed by atoms with Crippen LogP contribution >= 0.6 is 0 Å². The third kappa shape index (κ3) is 2.28. The molecule has 3 heteroatoms. The number of carbonyl (C=O) groups is 2. The third-order valence-corrected chi connectivity index (χ3v) is 1.93. The molecule has 0 fully saturated rings. The summed E-state index contributed by atoms with van der Waals surface area (Å²) in [5.74, 6) is -0.619. The molecule has 0 bridgehead atoms.